The topological polar surface area (TPSA) is 72.9 Å². The molecule has 3 aliphatic heterocycles. The standard InChI is InChI=1S/C26H33NO5/c1-11(2)23(30)32-18-16-12(3)6-25-9-15-20-24(5)7-14(29)8-26(20,21(25)19(16)31-13(4)28)22(17(18)25)27(15)10-24/h11,15-22H,3,6-10H2,1-2,4-5H3/t15-,16-,17?,18+,19+,20?,21?,22?,24-,25-,26-/m0/s1. The zero-order valence-electron chi connectivity index (χ0n) is 19.4. The fraction of sp³-hybridized carbons (Fsp3) is 0.808. The number of rotatable bonds is 3. The van der Waals surface area contributed by atoms with Crippen LogP contribution in [-0.2, 0) is 23.9 Å². The fourth-order valence-electron chi connectivity index (χ4n) is 11.1. The van der Waals surface area contributed by atoms with Crippen molar-refractivity contribution in [2.24, 2.45) is 45.8 Å². The first-order valence-corrected chi connectivity index (χ1v) is 12.4. The van der Waals surface area contributed by atoms with Gasteiger partial charge in [-0.05, 0) is 29.6 Å². The van der Waals surface area contributed by atoms with E-state index in [4.69, 9.17) is 9.47 Å². The van der Waals surface area contributed by atoms with Crippen molar-refractivity contribution in [1.29, 1.82) is 0 Å². The number of esters is 2. The molecule has 6 aliphatic carbocycles. The van der Waals surface area contributed by atoms with Gasteiger partial charge in [-0.2, -0.15) is 0 Å². The second-order valence-corrected chi connectivity index (χ2v) is 12.8. The summed E-state index contributed by atoms with van der Waals surface area (Å²) >= 11 is 0. The van der Waals surface area contributed by atoms with E-state index < -0.39 is 0 Å². The van der Waals surface area contributed by atoms with Crippen LogP contribution in [0.15, 0.2) is 12.2 Å². The Hall–Kier alpha value is -1.69. The summed E-state index contributed by atoms with van der Waals surface area (Å²) in [5.74, 6) is 0.331. The van der Waals surface area contributed by atoms with Crippen molar-refractivity contribution in [1.82, 2.24) is 4.90 Å². The molecule has 0 aromatic rings. The Labute approximate surface area is 189 Å². The van der Waals surface area contributed by atoms with Gasteiger partial charge in [0.05, 0.1) is 11.8 Å². The molecule has 3 saturated heterocycles. The monoisotopic (exact) mass is 439 g/mol. The Morgan fingerprint density at radius 1 is 1.12 bits per heavy atom. The molecule has 0 amide bonds. The van der Waals surface area contributed by atoms with Crippen LogP contribution in [0, 0.1) is 45.8 Å². The summed E-state index contributed by atoms with van der Waals surface area (Å²) in [6.07, 6.45) is 2.56. The number of carbonyl (C=O) groups is 3. The third-order valence-corrected chi connectivity index (χ3v) is 10.9. The van der Waals surface area contributed by atoms with Crippen molar-refractivity contribution in [2.75, 3.05) is 6.54 Å². The molecule has 6 saturated carbocycles. The minimum absolute atomic E-state index is 0.0106. The van der Waals surface area contributed by atoms with Gasteiger partial charge in [0.2, 0.25) is 0 Å². The molecule has 6 heteroatoms. The fourth-order valence-corrected chi connectivity index (χ4v) is 11.1. The Bertz CT molecular complexity index is 1000. The summed E-state index contributed by atoms with van der Waals surface area (Å²) in [6, 6.07) is 0.738. The van der Waals surface area contributed by atoms with E-state index in [2.05, 4.69) is 18.4 Å². The second-order valence-electron chi connectivity index (χ2n) is 12.8. The zero-order valence-corrected chi connectivity index (χ0v) is 19.4. The van der Waals surface area contributed by atoms with Crippen LogP contribution in [0.25, 0.3) is 0 Å². The number of ketones is 1. The van der Waals surface area contributed by atoms with Gasteiger partial charge in [-0.3, -0.25) is 19.3 Å². The number of nitrogens with zero attached hydrogens (tertiary/aromatic N) is 1. The highest BCUT2D eigenvalue weighted by Crippen LogP contribution is 2.87. The van der Waals surface area contributed by atoms with E-state index >= 15 is 0 Å². The minimum atomic E-state index is -0.350. The van der Waals surface area contributed by atoms with E-state index in [0.717, 1.165) is 25.0 Å². The second kappa shape index (κ2) is 5.51. The van der Waals surface area contributed by atoms with Crippen molar-refractivity contribution in [2.45, 2.75) is 77.7 Å². The third kappa shape index (κ3) is 1.83. The molecule has 0 aromatic carbocycles. The maximum absolute atomic E-state index is 13.2. The number of fused-ring (bicyclic) bond motifs is 1. The number of piperidine rings is 2. The normalized spacial score (nSPS) is 57.5. The van der Waals surface area contributed by atoms with E-state index in [0.29, 0.717) is 30.6 Å². The molecule has 172 valence electrons. The molecule has 0 N–H and O–H groups in total. The molecule has 32 heavy (non-hydrogen) atoms. The highest BCUT2D eigenvalue weighted by atomic mass is 16.6. The SMILES string of the molecule is C=C1C[C@]23C[C@H]4C5[C@@]6(C)CC(=O)C[C@]57C(C2[C@H](OC(=O)C(C)C)[C@H]1[C@@H](OC(C)=O)C37)N4C6. The lowest BCUT2D eigenvalue weighted by Gasteiger charge is -2.66. The van der Waals surface area contributed by atoms with Crippen LogP contribution in [0.4, 0.5) is 0 Å². The van der Waals surface area contributed by atoms with E-state index in [9.17, 15) is 14.4 Å². The van der Waals surface area contributed by atoms with Crippen LogP contribution < -0.4 is 0 Å². The van der Waals surface area contributed by atoms with E-state index in [-0.39, 0.29) is 70.1 Å². The number of carbonyl (C=O) groups excluding carboxylic acids is 3. The smallest absolute Gasteiger partial charge is 0.308 e. The van der Waals surface area contributed by atoms with Gasteiger partial charge in [0.1, 0.15) is 18.0 Å². The zero-order chi connectivity index (χ0) is 22.5. The van der Waals surface area contributed by atoms with Gasteiger partial charge in [0.25, 0.3) is 0 Å². The van der Waals surface area contributed by atoms with E-state index in [1.807, 2.05) is 13.8 Å². The quantitative estimate of drug-likeness (QED) is 0.497. The molecule has 9 bridgehead atoms. The minimum Gasteiger partial charge on any atom is -0.461 e. The molecule has 9 fully saturated rings. The molecular formula is C26H33NO5. The summed E-state index contributed by atoms with van der Waals surface area (Å²) in [5, 5.41) is 0. The van der Waals surface area contributed by atoms with Crippen LogP contribution in [0.1, 0.15) is 53.4 Å². The van der Waals surface area contributed by atoms with E-state index in [1.165, 1.54) is 6.92 Å². The molecule has 0 aromatic heterocycles. The first kappa shape index (κ1) is 19.7. The number of Topliss-reactive ketones (excluding diaryl/α,β-unsaturated/α-hetero) is 1. The largest absolute Gasteiger partial charge is 0.461 e. The molecule has 12 atom stereocenters. The molecule has 2 spiro atoms. The average molecular weight is 440 g/mol. The van der Waals surface area contributed by atoms with Gasteiger partial charge in [0, 0.05) is 55.6 Å². The van der Waals surface area contributed by atoms with Crippen LogP contribution in [-0.4, -0.2) is 53.5 Å². The number of hydrogen-bond acceptors (Lipinski definition) is 6. The maximum Gasteiger partial charge on any atom is 0.308 e. The van der Waals surface area contributed by atoms with Crippen molar-refractivity contribution >= 4 is 17.7 Å². The molecule has 5 unspecified atom stereocenters. The van der Waals surface area contributed by atoms with Gasteiger partial charge in [0.15, 0.2) is 0 Å². The van der Waals surface area contributed by atoms with Crippen molar-refractivity contribution < 1.29 is 23.9 Å². The summed E-state index contributed by atoms with van der Waals surface area (Å²) in [5.41, 5.74) is 0.833. The summed E-state index contributed by atoms with van der Waals surface area (Å²) in [4.78, 5) is 41.1. The maximum atomic E-state index is 13.2. The highest BCUT2D eigenvalue weighted by molar-refractivity contribution is 5.83. The van der Waals surface area contributed by atoms with Gasteiger partial charge in [-0.25, -0.2) is 0 Å². The Morgan fingerprint density at radius 2 is 1.88 bits per heavy atom. The van der Waals surface area contributed by atoms with Gasteiger partial charge in [-0.15, -0.1) is 0 Å². The lowest BCUT2D eigenvalue weighted by molar-refractivity contribution is -0.228. The Morgan fingerprint density at radius 3 is 2.56 bits per heavy atom. The predicted octanol–water partition coefficient (Wildman–Crippen LogP) is 2.75. The van der Waals surface area contributed by atoms with Crippen LogP contribution >= 0.6 is 0 Å². The number of ether oxygens (including phenoxy) is 2. The first-order chi connectivity index (χ1) is 15.0. The van der Waals surface area contributed by atoms with Crippen LogP contribution in [0.3, 0.4) is 0 Å². The summed E-state index contributed by atoms with van der Waals surface area (Å²) < 4.78 is 12.4. The Kier molecular flexibility index (Phi) is 3.40. The molecule has 0 radical (unpaired) electrons. The molecule has 9 aliphatic rings. The highest BCUT2D eigenvalue weighted by Gasteiger charge is 2.91. The first-order valence-electron chi connectivity index (χ1n) is 12.4. The predicted molar refractivity (Wildman–Crippen MR) is 114 cm³/mol. The molecule has 6 nitrogen and oxygen atoms in total. The van der Waals surface area contributed by atoms with Gasteiger partial charge >= 0.3 is 11.9 Å². The summed E-state index contributed by atoms with van der Waals surface area (Å²) in [6.45, 7) is 12.9. The van der Waals surface area contributed by atoms with Crippen LogP contribution in [0.5, 0.6) is 0 Å². The molecular weight excluding hydrogens is 406 g/mol. The van der Waals surface area contributed by atoms with Crippen molar-refractivity contribution in [3.63, 3.8) is 0 Å². The summed E-state index contributed by atoms with van der Waals surface area (Å²) in [7, 11) is 0. The number of hydrogen-bond donors (Lipinski definition) is 0. The van der Waals surface area contributed by atoms with Gasteiger partial charge in [-0.1, -0.05) is 32.9 Å². The van der Waals surface area contributed by atoms with Crippen molar-refractivity contribution in [3.8, 4) is 0 Å². The average Bonchev–Trinajstić information content (AvgIpc) is 3.08. The van der Waals surface area contributed by atoms with Crippen LogP contribution in [0.2, 0.25) is 0 Å². The third-order valence-electron chi connectivity index (χ3n) is 10.9. The van der Waals surface area contributed by atoms with Crippen molar-refractivity contribution in [3.05, 3.63) is 12.2 Å². The van der Waals surface area contributed by atoms with E-state index in [1.54, 1.807) is 0 Å². The molecule has 3 heterocycles. The lowest BCUT2D eigenvalue weighted by atomic mass is 9.39. The Balaban J connectivity index is 1.45. The molecule has 9 rings (SSSR count). The van der Waals surface area contributed by atoms with Gasteiger partial charge < -0.3 is 9.47 Å². The lowest BCUT2D eigenvalue weighted by Crippen LogP contribution is -2.69.